The summed E-state index contributed by atoms with van der Waals surface area (Å²) in [6, 6.07) is 16.6. The van der Waals surface area contributed by atoms with E-state index in [4.69, 9.17) is 4.74 Å². The molecule has 0 aromatic heterocycles. The fourth-order valence-corrected chi connectivity index (χ4v) is 4.57. The molecule has 0 N–H and O–H groups in total. The molecule has 4 nitrogen and oxygen atoms in total. The van der Waals surface area contributed by atoms with Crippen molar-refractivity contribution in [1.29, 1.82) is 0 Å². The van der Waals surface area contributed by atoms with Crippen molar-refractivity contribution in [1.82, 2.24) is 4.31 Å². The van der Waals surface area contributed by atoms with Crippen LogP contribution in [-0.2, 0) is 14.8 Å². The van der Waals surface area contributed by atoms with Gasteiger partial charge in [-0.3, -0.25) is 0 Å². The van der Waals surface area contributed by atoms with Crippen molar-refractivity contribution in [3.8, 4) is 0 Å². The number of benzene rings is 2. The molecule has 0 saturated heterocycles. The van der Waals surface area contributed by atoms with Crippen LogP contribution < -0.4 is 0 Å². The van der Waals surface area contributed by atoms with E-state index in [1.165, 1.54) is 4.31 Å². The molecule has 1 heterocycles. The number of ether oxygens (including phenoxy) is 1. The van der Waals surface area contributed by atoms with E-state index in [-0.39, 0.29) is 17.5 Å². The number of aryl methyl sites for hydroxylation is 1. The van der Waals surface area contributed by atoms with Crippen LogP contribution in [0.3, 0.4) is 0 Å². The predicted octanol–water partition coefficient (Wildman–Crippen LogP) is 4.39. The van der Waals surface area contributed by atoms with Crippen LogP contribution in [0.25, 0.3) is 5.57 Å². The van der Waals surface area contributed by atoms with Crippen LogP contribution in [0.4, 0.5) is 0 Å². The van der Waals surface area contributed by atoms with Crippen LogP contribution in [0, 0.1) is 6.92 Å². The molecule has 27 heavy (non-hydrogen) atoms. The molecule has 0 bridgehead atoms. The molecule has 0 saturated carbocycles. The van der Waals surface area contributed by atoms with Crippen molar-refractivity contribution < 1.29 is 13.2 Å². The molecule has 1 aliphatic heterocycles. The second-order valence-electron chi connectivity index (χ2n) is 7.01. The van der Waals surface area contributed by atoms with E-state index >= 15 is 0 Å². The second kappa shape index (κ2) is 7.80. The molecule has 0 amide bonds. The van der Waals surface area contributed by atoms with Gasteiger partial charge in [0.05, 0.1) is 11.0 Å². The van der Waals surface area contributed by atoms with Crippen molar-refractivity contribution in [3.63, 3.8) is 0 Å². The van der Waals surface area contributed by atoms with Gasteiger partial charge in [-0.15, -0.1) is 0 Å². The third-order valence-corrected chi connectivity index (χ3v) is 6.24. The van der Waals surface area contributed by atoms with Crippen LogP contribution in [0.5, 0.6) is 0 Å². The van der Waals surface area contributed by atoms with Gasteiger partial charge in [-0.1, -0.05) is 60.7 Å². The smallest absolute Gasteiger partial charge is 0.245 e. The monoisotopic (exact) mass is 383 g/mol. The fraction of sp³-hybridized carbons (Fsp3) is 0.273. The SMILES string of the molecule is C=C1C=C(c2ccccc2)CN(S(=O)(=O)c2ccc(C)cc2)C1OC(C)C. The zero-order chi connectivity index (χ0) is 19.6. The minimum absolute atomic E-state index is 0.130. The summed E-state index contributed by atoms with van der Waals surface area (Å²) in [6.45, 7) is 10.0. The Morgan fingerprint density at radius 2 is 1.70 bits per heavy atom. The van der Waals surface area contributed by atoms with Crippen LogP contribution in [0.1, 0.15) is 25.0 Å². The van der Waals surface area contributed by atoms with Gasteiger partial charge in [0.2, 0.25) is 10.0 Å². The average molecular weight is 384 g/mol. The summed E-state index contributed by atoms with van der Waals surface area (Å²) in [5.41, 5.74) is 3.52. The predicted molar refractivity (Wildman–Crippen MR) is 109 cm³/mol. The van der Waals surface area contributed by atoms with E-state index in [1.54, 1.807) is 24.3 Å². The third-order valence-electron chi connectivity index (χ3n) is 4.44. The second-order valence-corrected chi connectivity index (χ2v) is 8.90. The van der Waals surface area contributed by atoms with Gasteiger partial charge in [-0.25, -0.2) is 8.42 Å². The molecule has 3 rings (SSSR count). The minimum atomic E-state index is -3.74. The Kier molecular flexibility index (Phi) is 5.65. The largest absolute Gasteiger partial charge is 0.355 e. The fourth-order valence-electron chi connectivity index (χ4n) is 3.07. The zero-order valence-electron chi connectivity index (χ0n) is 15.9. The first kappa shape index (κ1) is 19.5. The standard InChI is InChI=1S/C22H25NO3S/c1-16(2)26-22-18(4)14-20(19-8-6-5-7-9-19)15-23(22)27(24,25)21-12-10-17(3)11-13-21/h5-14,16,22H,4,15H2,1-3H3. The molecule has 1 atom stereocenters. The molecule has 0 aliphatic carbocycles. The van der Waals surface area contributed by atoms with Crippen molar-refractivity contribution in [3.05, 3.63) is 84.0 Å². The Morgan fingerprint density at radius 1 is 1.07 bits per heavy atom. The van der Waals surface area contributed by atoms with E-state index in [0.717, 1.165) is 16.7 Å². The Labute approximate surface area is 161 Å². The first-order valence-corrected chi connectivity index (χ1v) is 10.4. The highest BCUT2D eigenvalue weighted by Gasteiger charge is 2.37. The molecule has 2 aromatic carbocycles. The summed E-state index contributed by atoms with van der Waals surface area (Å²) in [6.07, 6.45) is 1.08. The molecular formula is C22H25NO3S. The highest BCUT2D eigenvalue weighted by Crippen LogP contribution is 2.32. The number of sulfonamides is 1. The molecule has 142 valence electrons. The summed E-state index contributed by atoms with van der Waals surface area (Å²) in [7, 11) is -3.74. The Balaban J connectivity index is 2.05. The van der Waals surface area contributed by atoms with E-state index in [0.29, 0.717) is 5.57 Å². The number of hydrogen-bond acceptors (Lipinski definition) is 3. The van der Waals surface area contributed by atoms with E-state index < -0.39 is 16.3 Å². The van der Waals surface area contributed by atoms with Crippen LogP contribution in [0.15, 0.2) is 77.7 Å². The van der Waals surface area contributed by atoms with Crippen LogP contribution in [0.2, 0.25) is 0 Å². The molecule has 0 fully saturated rings. The van der Waals surface area contributed by atoms with Gasteiger partial charge in [0.15, 0.2) is 0 Å². The van der Waals surface area contributed by atoms with E-state index in [9.17, 15) is 8.42 Å². The lowest BCUT2D eigenvalue weighted by Crippen LogP contribution is -2.46. The topological polar surface area (TPSA) is 46.6 Å². The van der Waals surface area contributed by atoms with Gasteiger partial charge >= 0.3 is 0 Å². The van der Waals surface area contributed by atoms with Crippen LogP contribution >= 0.6 is 0 Å². The van der Waals surface area contributed by atoms with Crippen molar-refractivity contribution in [2.24, 2.45) is 0 Å². The lowest BCUT2D eigenvalue weighted by Gasteiger charge is -2.36. The molecule has 1 unspecified atom stereocenters. The number of rotatable bonds is 5. The maximum atomic E-state index is 13.4. The summed E-state index contributed by atoms with van der Waals surface area (Å²) in [4.78, 5) is 0.257. The lowest BCUT2D eigenvalue weighted by atomic mass is 9.99. The average Bonchev–Trinajstić information content (AvgIpc) is 2.64. The van der Waals surface area contributed by atoms with Crippen molar-refractivity contribution >= 4 is 15.6 Å². The van der Waals surface area contributed by atoms with Gasteiger partial charge in [-0.2, -0.15) is 4.31 Å². The first-order valence-electron chi connectivity index (χ1n) is 8.98. The van der Waals surface area contributed by atoms with Gasteiger partial charge in [0.1, 0.15) is 6.23 Å². The summed E-state index contributed by atoms with van der Waals surface area (Å²) < 4.78 is 34.1. The Hall–Kier alpha value is -2.21. The normalized spacial score (nSPS) is 18.6. The molecule has 0 spiro atoms. The Morgan fingerprint density at radius 3 is 2.30 bits per heavy atom. The zero-order valence-corrected chi connectivity index (χ0v) is 16.7. The summed E-state index contributed by atoms with van der Waals surface area (Å²) >= 11 is 0. The maximum Gasteiger partial charge on any atom is 0.245 e. The van der Waals surface area contributed by atoms with Gasteiger partial charge in [0, 0.05) is 6.54 Å². The minimum Gasteiger partial charge on any atom is -0.355 e. The van der Waals surface area contributed by atoms with E-state index in [2.05, 4.69) is 6.58 Å². The Bertz CT molecular complexity index is 945. The van der Waals surface area contributed by atoms with Gasteiger partial charge < -0.3 is 4.74 Å². The summed E-state index contributed by atoms with van der Waals surface area (Å²) in [5, 5.41) is 0. The molecule has 0 radical (unpaired) electrons. The third kappa shape index (κ3) is 4.21. The molecule has 1 aliphatic rings. The summed E-state index contributed by atoms with van der Waals surface area (Å²) in [5.74, 6) is 0. The molecule has 2 aromatic rings. The maximum absolute atomic E-state index is 13.4. The van der Waals surface area contributed by atoms with Gasteiger partial charge in [0.25, 0.3) is 0 Å². The van der Waals surface area contributed by atoms with Gasteiger partial charge in [-0.05, 0) is 49.6 Å². The molecular weight excluding hydrogens is 358 g/mol. The number of nitrogens with zero attached hydrogens (tertiary/aromatic N) is 1. The highest BCUT2D eigenvalue weighted by atomic mass is 32.2. The van der Waals surface area contributed by atoms with Crippen molar-refractivity contribution in [2.45, 2.75) is 38.0 Å². The van der Waals surface area contributed by atoms with E-state index in [1.807, 2.05) is 57.2 Å². The van der Waals surface area contributed by atoms with Crippen molar-refractivity contribution in [2.75, 3.05) is 6.54 Å². The quantitative estimate of drug-likeness (QED) is 0.769. The first-order chi connectivity index (χ1) is 12.8. The highest BCUT2D eigenvalue weighted by molar-refractivity contribution is 7.89. The number of hydrogen-bond donors (Lipinski definition) is 0. The lowest BCUT2D eigenvalue weighted by molar-refractivity contribution is -0.0264. The van der Waals surface area contributed by atoms with Crippen LogP contribution in [-0.4, -0.2) is 31.6 Å². The molecule has 5 heteroatoms.